The molecule has 20 heavy (non-hydrogen) atoms. The standard InChI is InChI=1S/C16H25N3O/c1-3-11-5-7-14(8-6-11)19-16(20)12-9-13(4-2)18-15(17)10-12/h9-11,14H,3-8H2,1-2H3,(H2,17,18)(H,19,20). The summed E-state index contributed by atoms with van der Waals surface area (Å²) in [6.07, 6.45) is 6.66. The van der Waals surface area contributed by atoms with Crippen LogP contribution in [0.25, 0.3) is 0 Å². The number of pyridine rings is 1. The minimum Gasteiger partial charge on any atom is -0.384 e. The molecular formula is C16H25N3O. The highest BCUT2D eigenvalue weighted by Crippen LogP contribution is 2.26. The minimum atomic E-state index is -0.0197. The summed E-state index contributed by atoms with van der Waals surface area (Å²) in [6, 6.07) is 3.81. The van der Waals surface area contributed by atoms with E-state index in [9.17, 15) is 4.79 Å². The molecule has 1 heterocycles. The van der Waals surface area contributed by atoms with Crippen LogP contribution in [-0.4, -0.2) is 16.9 Å². The molecule has 0 bridgehead atoms. The number of amides is 1. The molecule has 110 valence electrons. The molecule has 0 unspecified atom stereocenters. The van der Waals surface area contributed by atoms with E-state index in [1.54, 1.807) is 6.07 Å². The Morgan fingerprint density at radius 1 is 1.30 bits per heavy atom. The number of nitrogens with one attached hydrogen (secondary N) is 1. The van der Waals surface area contributed by atoms with Gasteiger partial charge in [0.25, 0.3) is 5.91 Å². The number of rotatable bonds is 4. The van der Waals surface area contributed by atoms with Crippen molar-refractivity contribution in [2.24, 2.45) is 5.92 Å². The maximum atomic E-state index is 12.3. The van der Waals surface area contributed by atoms with E-state index in [4.69, 9.17) is 5.73 Å². The number of carbonyl (C=O) groups excluding carboxylic acids is 1. The number of aromatic nitrogens is 1. The number of anilines is 1. The zero-order valence-electron chi connectivity index (χ0n) is 12.5. The monoisotopic (exact) mass is 275 g/mol. The highest BCUT2D eigenvalue weighted by molar-refractivity contribution is 5.95. The molecule has 0 atom stereocenters. The quantitative estimate of drug-likeness (QED) is 0.887. The lowest BCUT2D eigenvalue weighted by atomic mass is 9.84. The first kappa shape index (κ1) is 14.8. The fraction of sp³-hybridized carbons (Fsp3) is 0.625. The van der Waals surface area contributed by atoms with Gasteiger partial charge >= 0.3 is 0 Å². The molecule has 1 fully saturated rings. The van der Waals surface area contributed by atoms with E-state index < -0.39 is 0 Å². The van der Waals surface area contributed by atoms with Crippen molar-refractivity contribution in [1.82, 2.24) is 10.3 Å². The van der Waals surface area contributed by atoms with Crippen molar-refractivity contribution >= 4 is 11.7 Å². The van der Waals surface area contributed by atoms with Crippen LogP contribution in [0.4, 0.5) is 5.82 Å². The fourth-order valence-electron chi connectivity index (χ4n) is 2.91. The number of aryl methyl sites for hydroxylation is 1. The molecule has 1 amide bonds. The van der Waals surface area contributed by atoms with Crippen molar-refractivity contribution in [1.29, 1.82) is 0 Å². The average molecular weight is 275 g/mol. The maximum Gasteiger partial charge on any atom is 0.251 e. The molecular weight excluding hydrogens is 250 g/mol. The highest BCUT2D eigenvalue weighted by atomic mass is 16.1. The SMILES string of the molecule is CCc1cc(C(=O)NC2CCC(CC)CC2)cc(N)n1. The van der Waals surface area contributed by atoms with Crippen molar-refractivity contribution in [2.75, 3.05) is 5.73 Å². The Hall–Kier alpha value is -1.58. The summed E-state index contributed by atoms with van der Waals surface area (Å²) in [5.41, 5.74) is 7.25. The molecule has 0 aromatic carbocycles. The van der Waals surface area contributed by atoms with E-state index >= 15 is 0 Å². The summed E-state index contributed by atoms with van der Waals surface area (Å²) < 4.78 is 0. The Morgan fingerprint density at radius 3 is 2.60 bits per heavy atom. The van der Waals surface area contributed by atoms with Crippen LogP contribution in [0, 0.1) is 5.92 Å². The van der Waals surface area contributed by atoms with Gasteiger partial charge in [0, 0.05) is 17.3 Å². The Labute approximate surface area is 121 Å². The predicted octanol–water partition coefficient (Wildman–Crippen LogP) is 2.92. The Bertz CT molecular complexity index is 465. The topological polar surface area (TPSA) is 68.0 Å². The Morgan fingerprint density at radius 2 is 2.00 bits per heavy atom. The van der Waals surface area contributed by atoms with Gasteiger partial charge in [-0.3, -0.25) is 4.79 Å². The number of hydrogen-bond donors (Lipinski definition) is 2. The maximum absolute atomic E-state index is 12.3. The van der Waals surface area contributed by atoms with Gasteiger partial charge in [0.2, 0.25) is 0 Å². The van der Waals surface area contributed by atoms with Gasteiger partial charge in [-0.05, 0) is 50.2 Å². The number of nitrogens with two attached hydrogens (primary N) is 1. The first-order valence-electron chi connectivity index (χ1n) is 7.69. The summed E-state index contributed by atoms with van der Waals surface area (Å²) in [4.78, 5) is 16.5. The van der Waals surface area contributed by atoms with Crippen LogP contribution in [0.2, 0.25) is 0 Å². The largest absolute Gasteiger partial charge is 0.384 e. The molecule has 1 aliphatic carbocycles. The molecule has 2 rings (SSSR count). The van der Waals surface area contributed by atoms with Crippen molar-refractivity contribution in [3.63, 3.8) is 0 Å². The van der Waals surface area contributed by atoms with Gasteiger partial charge < -0.3 is 11.1 Å². The first-order valence-corrected chi connectivity index (χ1v) is 7.69. The highest BCUT2D eigenvalue weighted by Gasteiger charge is 2.21. The third kappa shape index (κ3) is 3.71. The molecule has 0 spiro atoms. The van der Waals surface area contributed by atoms with Crippen LogP contribution >= 0.6 is 0 Å². The minimum absolute atomic E-state index is 0.0197. The zero-order chi connectivity index (χ0) is 14.5. The summed E-state index contributed by atoms with van der Waals surface area (Å²) in [6.45, 7) is 4.26. The van der Waals surface area contributed by atoms with Crippen molar-refractivity contribution in [3.05, 3.63) is 23.4 Å². The molecule has 0 saturated heterocycles. The molecule has 1 aliphatic rings. The Balaban J connectivity index is 1.97. The van der Waals surface area contributed by atoms with Crippen LogP contribution in [0.15, 0.2) is 12.1 Å². The van der Waals surface area contributed by atoms with Gasteiger partial charge in [-0.1, -0.05) is 20.3 Å². The van der Waals surface area contributed by atoms with Gasteiger partial charge in [-0.2, -0.15) is 0 Å². The molecule has 3 N–H and O–H groups in total. The van der Waals surface area contributed by atoms with Crippen LogP contribution in [-0.2, 0) is 6.42 Å². The van der Waals surface area contributed by atoms with Gasteiger partial charge in [-0.15, -0.1) is 0 Å². The van der Waals surface area contributed by atoms with Gasteiger partial charge in [0.15, 0.2) is 0 Å². The summed E-state index contributed by atoms with van der Waals surface area (Å²) in [7, 11) is 0. The van der Waals surface area contributed by atoms with Crippen LogP contribution in [0.5, 0.6) is 0 Å². The molecule has 1 aromatic rings. The van der Waals surface area contributed by atoms with Crippen LogP contribution in [0.1, 0.15) is 62.0 Å². The summed E-state index contributed by atoms with van der Waals surface area (Å²) in [5.74, 6) is 1.24. The van der Waals surface area contributed by atoms with Crippen LogP contribution < -0.4 is 11.1 Å². The molecule has 0 radical (unpaired) electrons. The van der Waals surface area contributed by atoms with Gasteiger partial charge in [0.05, 0.1) is 0 Å². The van der Waals surface area contributed by atoms with E-state index in [0.29, 0.717) is 17.4 Å². The molecule has 1 saturated carbocycles. The predicted molar refractivity (Wildman–Crippen MR) is 81.5 cm³/mol. The number of hydrogen-bond acceptors (Lipinski definition) is 3. The van der Waals surface area contributed by atoms with Gasteiger partial charge in [-0.25, -0.2) is 4.98 Å². The third-order valence-electron chi connectivity index (χ3n) is 4.28. The smallest absolute Gasteiger partial charge is 0.251 e. The second-order valence-electron chi connectivity index (χ2n) is 5.72. The average Bonchev–Trinajstić information content (AvgIpc) is 2.47. The van der Waals surface area contributed by atoms with Crippen molar-refractivity contribution in [3.8, 4) is 0 Å². The number of nitrogen functional groups attached to an aromatic ring is 1. The first-order chi connectivity index (χ1) is 9.62. The molecule has 4 heteroatoms. The molecule has 0 aliphatic heterocycles. The van der Waals surface area contributed by atoms with Crippen molar-refractivity contribution < 1.29 is 4.79 Å². The van der Waals surface area contributed by atoms with Crippen molar-refractivity contribution in [2.45, 2.75) is 58.4 Å². The number of carbonyl (C=O) groups is 1. The Kier molecular flexibility index (Phi) is 4.99. The number of nitrogens with zero attached hydrogens (tertiary/aromatic N) is 1. The zero-order valence-corrected chi connectivity index (χ0v) is 12.5. The van der Waals surface area contributed by atoms with E-state index in [1.165, 1.54) is 19.3 Å². The van der Waals surface area contributed by atoms with Gasteiger partial charge in [0.1, 0.15) is 5.82 Å². The lowest BCUT2D eigenvalue weighted by molar-refractivity contribution is 0.0921. The normalized spacial score (nSPS) is 22.5. The molecule has 1 aromatic heterocycles. The fourth-order valence-corrected chi connectivity index (χ4v) is 2.91. The lowest BCUT2D eigenvalue weighted by Gasteiger charge is -2.28. The van der Waals surface area contributed by atoms with E-state index in [0.717, 1.165) is 30.9 Å². The van der Waals surface area contributed by atoms with E-state index in [1.807, 2.05) is 13.0 Å². The second-order valence-corrected chi connectivity index (χ2v) is 5.72. The van der Waals surface area contributed by atoms with E-state index in [-0.39, 0.29) is 5.91 Å². The van der Waals surface area contributed by atoms with E-state index in [2.05, 4.69) is 17.2 Å². The summed E-state index contributed by atoms with van der Waals surface area (Å²) >= 11 is 0. The second kappa shape index (κ2) is 6.73. The third-order valence-corrected chi connectivity index (χ3v) is 4.28. The molecule has 4 nitrogen and oxygen atoms in total. The lowest BCUT2D eigenvalue weighted by Crippen LogP contribution is -2.37. The van der Waals surface area contributed by atoms with Crippen LogP contribution in [0.3, 0.4) is 0 Å². The summed E-state index contributed by atoms with van der Waals surface area (Å²) in [5, 5.41) is 3.14.